The molecule has 0 atom stereocenters. The fraction of sp³-hybridized carbons (Fsp3) is 0.0909. The Balaban J connectivity index is 1.47. The number of aromatic nitrogens is 2. The van der Waals surface area contributed by atoms with E-state index < -0.39 is 0 Å². The number of fused-ring (bicyclic) bond motifs is 1. The third-order valence-corrected chi connectivity index (χ3v) is 4.76. The van der Waals surface area contributed by atoms with E-state index in [0.717, 1.165) is 26.4 Å². The topological polar surface area (TPSA) is 44.1 Å². The van der Waals surface area contributed by atoms with Crippen LogP contribution in [0.15, 0.2) is 83.6 Å². The van der Waals surface area contributed by atoms with Crippen molar-refractivity contribution in [3.63, 3.8) is 0 Å². The first-order chi connectivity index (χ1) is 13.2. The van der Waals surface area contributed by atoms with Crippen LogP contribution in [0.4, 0.5) is 0 Å². The summed E-state index contributed by atoms with van der Waals surface area (Å²) < 4.78 is 8.30. The summed E-state index contributed by atoms with van der Waals surface area (Å²) in [5.41, 5.74) is 2.53. The van der Waals surface area contributed by atoms with Gasteiger partial charge in [0, 0.05) is 6.20 Å². The lowest BCUT2D eigenvalue weighted by molar-refractivity contribution is 0.0474. The fourth-order valence-electron chi connectivity index (χ4n) is 3.05. The number of nitrogens with zero attached hydrogens (tertiary/aromatic N) is 2. The minimum absolute atomic E-state index is 0.247. The summed E-state index contributed by atoms with van der Waals surface area (Å²) in [6, 6.07) is 21.6. The zero-order valence-corrected chi connectivity index (χ0v) is 16.1. The van der Waals surface area contributed by atoms with E-state index in [1.165, 1.54) is 0 Å². The first-order valence-corrected chi connectivity index (χ1v) is 9.39. The van der Waals surface area contributed by atoms with Gasteiger partial charge in [-0.2, -0.15) is 5.10 Å². The van der Waals surface area contributed by atoms with Crippen LogP contribution in [0.3, 0.4) is 0 Å². The second-order valence-corrected chi connectivity index (χ2v) is 7.19. The zero-order valence-electron chi connectivity index (χ0n) is 14.5. The predicted octanol–water partition coefficient (Wildman–Crippen LogP) is 5.20. The molecule has 0 aliphatic heterocycles. The van der Waals surface area contributed by atoms with Gasteiger partial charge < -0.3 is 4.74 Å². The number of rotatable bonds is 5. The van der Waals surface area contributed by atoms with Gasteiger partial charge >= 0.3 is 5.97 Å². The number of carbonyl (C=O) groups is 1. The first kappa shape index (κ1) is 17.5. The quantitative estimate of drug-likeness (QED) is 0.416. The lowest BCUT2D eigenvalue weighted by Crippen LogP contribution is -2.07. The molecule has 0 bridgehead atoms. The number of halogens is 1. The van der Waals surface area contributed by atoms with E-state index in [1.807, 2.05) is 59.4 Å². The average molecular weight is 421 g/mol. The summed E-state index contributed by atoms with van der Waals surface area (Å²) in [6.45, 7) is 0.840. The molecule has 0 amide bonds. The molecule has 0 radical (unpaired) electrons. The smallest absolute Gasteiger partial charge is 0.338 e. The van der Waals surface area contributed by atoms with Gasteiger partial charge in [-0.3, -0.25) is 4.68 Å². The molecular formula is C22H17BrN2O2. The molecule has 27 heavy (non-hydrogen) atoms. The van der Waals surface area contributed by atoms with Crippen LogP contribution in [0.2, 0.25) is 0 Å². The maximum atomic E-state index is 12.5. The Labute approximate surface area is 165 Å². The van der Waals surface area contributed by atoms with Crippen LogP contribution in [0.5, 0.6) is 0 Å². The molecule has 0 saturated carbocycles. The van der Waals surface area contributed by atoms with Crippen molar-refractivity contribution in [1.29, 1.82) is 0 Å². The molecule has 4 nitrogen and oxygen atoms in total. The second-order valence-electron chi connectivity index (χ2n) is 6.27. The molecule has 3 aromatic carbocycles. The summed E-state index contributed by atoms with van der Waals surface area (Å²) >= 11 is 3.39. The van der Waals surface area contributed by atoms with E-state index in [1.54, 1.807) is 12.3 Å². The molecule has 0 aliphatic rings. The van der Waals surface area contributed by atoms with Gasteiger partial charge in [-0.1, -0.05) is 54.6 Å². The summed E-state index contributed by atoms with van der Waals surface area (Å²) in [5.74, 6) is -0.327. The summed E-state index contributed by atoms with van der Waals surface area (Å²) in [7, 11) is 0. The lowest BCUT2D eigenvalue weighted by Gasteiger charge is -2.09. The van der Waals surface area contributed by atoms with Gasteiger partial charge in [-0.05, 0) is 50.0 Å². The molecule has 5 heteroatoms. The van der Waals surface area contributed by atoms with Crippen molar-refractivity contribution in [3.8, 4) is 0 Å². The number of ether oxygens (including phenoxy) is 1. The van der Waals surface area contributed by atoms with Gasteiger partial charge in [0.1, 0.15) is 6.61 Å². The Morgan fingerprint density at radius 3 is 2.70 bits per heavy atom. The number of esters is 1. The van der Waals surface area contributed by atoms with E-state index in [4.69, 9.17) is 4.74 Å². The molecule has 0 unspecified atom stereocenters. The Morgan fingerprint density at radius 2 is 1.85 bits per heavy atom. The molecule has 4 aromatic rings. The number of carbonyl (C=O) groups excluding carboxylic acids is 1. The summed E-state index contributed by atoms with van der Waals surface area (Å²) in [4.78, 5) is 12.5. The minimum atomic E-state index is -0.327. The van der Waals surface area contributed by atoms with Gasteiger partial charge in [0.25, 0.3) is 0 Å². The minimum Gasteiger partial charge on any atom is -0.457 e. The van der Waals surface area contributed by atoms with Crippen molar-refractivity contribution in [2.45, 2.75) is 13.2 Å². The predicted molar refractivity (Wildman–Crippen MR) is 109 cm³/mol. The fourth-order valence-corrected chi connectivity index (χ4v) is 3.38. The molecule has 0 N–H and O–H groups in total. The highest BCUT2D eigenvalue weighted by Gasteiger charge is 2.10. The van der Waals surface area contributed by atoms with E-state index in [2.05, 4.69) is 33.2 Å². The maximum absolute atomic E-state index is 12.5. The normalized spacial score (nSPS) is 10.9. The largest absolute Gasteiger partial charge is 0.457 e. The standard InChI is InChI=1S/C22H17BrN2O2/c23-20-12-24-25(14-20)13-16-5-3-8-18(11-16)22(26)27-15-19-9-4-7-17-6-1-2-10-21(17)19/h1-12,14H,13,15H2. The highest BCUT2D eigenvalue weighted by atomic mass is 79.9. The highest BCUT2D eigenvalue weighted by Crippen LogP contribution is 2.20. The van der Waals surface area contributed by atoms with Crippen LogP contribution >= 0.6 is 15.9 Å². The van der Waals surface area contributed by atoms with Crippen molar-refractivity contribution < 1.29 is 9.53 Å². The van der Waals surface area contributed by atoms with Crippen molar-refractivity contribution >= 4 is 32.7 Å². The van der Waals surface area contributed by atoms with Gasteiger partial charge in [0.2, 0.25) is 0 Å². The molecule has 0 aliphatic carbocycles. The Hall–Kier alpha value is -2.92. The Bertz CT molecular complexity index is 1100. The highest BCUT2D eigenvalue weighted by molar-refractivity contribution is 9.10. The van der Waals surface area contributed by atoms with Crippen molar-refractivity contribution in [3.05, 3.63) is 100 Å². The SMILES string of the molecule is O=C(OCc1cccc2ccccc12)c1cccc(Cn2cc(Br)cn2)c1. The monoisotopic (exact) mass is 420 g/mol. The molecule has 1 heterocycles. The first-order valence-electron chi connectivity index (χ1n) is 8.60. The van der Waals surface area contributed by atoms with Crippen LogP contribution in [0.25, 0.3) is 10.8 Å². The van der Waals surface area contributed by atoms with Gasteiger partial charge in [-0.15, -0.1) is 0 Å². The zero-order chi connectivity index (χ0) is 18.6. The maximum Gasteiger partial charge on any atom is 0.338 e. The van der Waals surface area contributed by atoms with Crippen molar-refractivity contribution in [2.75, 3.05) is 0 Å². The molecule has 0 saturated heterocycles. The molecule has 134 valence electrons. The third-order valence-electron chi connectivity index (χ3n) is 4.35. The summed E-state index contributed by atoms with van der Waals surface area (Å²) in [5, 5.41) is 6.48. The van der Waals surface area contributed by atoms with Crippen LogP contribution in [-0.4, -0.2) is 15.7 Å². The Morgan fingerprint density at radius 1 is 1.04 bits per heavy atom. The lowest BCUT2D eigenvalue weighted by atomic mass is 10.1. The van der Waals surface area contributed by atoms with E-state index >= 15 is 0 Å². The number of hydrogen-bond acceptors (Lipinski definition) is 3. The average Bonchev–Trinajstić information content (AvgIpc) is 3.11. The molecule has 1 aromatic heterocycles. The molecular weight excluding hydrogens is 404 g/mol. The second kappa shape index (κ2) is 7.76. The Kier molecular flexibility index (Phi) is 5.03. The summed E-state index contributed by atoms with van der Waals surface area (Å²) in [6.07, 6.45) is 3.63. The molecule has 0 fully saturated rings. The van der Waals surface area contributed by atoms with Crippen LogP contribution in [0.1, 0.15) is 21.5 Å². The van der Waals surface area contributed by atoms with Gasteiger partial charge in [0.15, 0.2) is 0 Å². The van der Waals surface area contributed by atoms with E-state index in [9.17, 15) is 4.79 Å². The molecule has 4 rings (SSSR count). The number of benzene rings is 3. The molecule has 0 spiro atoms. The van der Waals surface area contributed by atoms with Crippen LogP contribution in [-0.2, 0) is 17.9 Å². The van der Waals surface area contributed by atoms with Crippen LogP contribution in [0, 0.1) is 0 Å². The van der Waals surface area contributed by atoms with Crippen LogP contribution < -0.4 is 0 Å². The van der Waals surface area contributed by atoms with E-state index in [0.29, 0.717) is 12.1 Å². The van der Waals surface area contributed by atoms with Gasteiger partial charge in [0.05, 0.1) is 22.8 Å². The van der Waals surface area contributed by atoms with Crippen molar-refractivity contribution in [2.24, 2.45) is 0 Å². The number of hydrogen-bond donors (Lipinski definition) is 0. The van der Waals surface area contributed by atoms with Gasteiger partial charge in [-0.25, -0.2) is 4.79 Å². The van der Waals surface area contributed by atoms with E-state index in [-0.39, 0.29) is 12.6 Å². The van der Waals surface area contributed by atoms with Crippen molar-refractivity contribution in [1.82, 2.24) is 9.78 Å². The third kappa shape index (κ3) is 4.09.